The maximum Gasteiger partial charge on any atom is 0.410 e. The number of aromatic nitrogens is 3. The fourth-order valence-corrected chi connectivity index (χ4v) is 4.17. The lowest BCUT2D eigenvalue weighted by Gasteiger charge is -2.46. The summed E-state index contributed by atoms with van der Waals surface area (Å²) in [6.07, 6.45) is 2.94. The first-order chi connectivity index (χ1) is 12.3. The number of nitrogens with zero attached hydrogens (tertiary/aromatic N) is 5. The highest BCUT2D eigenvalue weighted by Gasteiger charge is 2.37. The molecule has 2 unspecified atom stereocenters. The van der Waals surface area contributed by atoms with E-state index < -0.39 is 5.60 Å². The van der Waals surface area contributed by atoms with Gasteiger partial charge in [0.05, 0.1) is 11.9 Å². The van der Waals surface area contributed by atoms with Crippen LogP contribution in [0.5, 0.6) is 0 Å². The number of rotatable bonds is 1. The van der Waals surface area contributed by atoms with E-state index in [4.69, 9.17) is 16.3 Å². The van der Waals surface area contributed by atoms with Gasteiger partial charge in [-0.3, -0.25) is 0 Å². The van der Waals surface area contributed by atoms with Crippen LogP contribution in [0.4, 0.5) is 10.5 Å². The Labute approximate surface area is 157 Å². The summed E-state index contributed by atoms with van der Waals surface area (Å²) in [5.74, 6) is 0.898. The summed E-state index contributed by atoms with van der Waals surface area (Å²) in [6.45, 7) is 9.06. The molecule has 7 nitrogen and oxygen atoms in total. The first-order valence-corrected chi connectivity index (χ1v) is 9.39. The van der Waals surface area contributed by atoms with Crippen molar-refractivity contribution in [3.05, 3.63) is 23.6 Å². The van der Waals surface area contributed by atoms with Crippen LogP contribution in [0.25, 0.3) is 5.65 Å². The van der Waals surface area contributed by atoms with Crippen molar-refractivity contribution in [3.8, 4) is 0 Å². The molecule has 0 aliphatic carbocycles. The van der Waals surface area contributed by atoms with Crippen molar-refractivity contribution in [2.45, 2.75) is 32.8 Å². The number of pyridine rings is 1. The lowest BCUT2D eigenvalue weighted by molar-refractivity contribution is 0.00762. The number of hydrogen-bond donors (Lipinski definition) is 0. The quantitative estimate of drug-likeness (QED) is 0.764. The topological polar surface area (TPSA) is 63.0 Å². The summed E-state index contributed by atoms with van der Waals surface area (Å²) in [7, 11) is 0. The SMILES string of the molecule is CC(C)(C)OC(=O)N1CC2CC(C1)CN(c1ccc3nc(Cl)nn3c1)C2. The van der Waals surface area contributed by atoms with E-state index in [0.717, 1.165) is 43.9 Å². The normalized spacial score (nSPS) is 23.4. The zero-order valence-electron chi connectivity index (χ0n) is 15.4. The van der Waals surface area contributed by atoms with Crippen LogP contribution in [0.2, 0.25) is 5.28 Å². The summed E-state index contributed by atoms with van der Waals surface area (Å²) in [6, 6.07) is 4.00. The Hall–Kier alpha value is -2.02. The summed E-state index contributed by atoms with van der Waals surface area (Å²) >= 11 is 5.88. The molecule has 4 heterocycles. The van der Waals surface area contributed by atoms with Crippen LogP contribution < -0.4 is 4.90 Å². The molecule has 0 saturated carbocycles. The molecule has 2 saturated heterocycles. The second-order valence-electron chi connectivity index (χ2n) is 8.33. The van der Waals surface area contributed by atoms with Crippen molar-refractivity contribution in [3.63, 3.8) is 0 Å². The minimum Gasteiger partial charge on any atom is -0.444 e. The Morgan fingerprint density at radius 1 is 1.19 bits per heavy atom. The van der Waals surface area contributed by atoms with Crippen molar-refractivity contribution in [1.82, 2.24) is 19.5 Å². The van der Waals surface area contributed by atoms with Crippen LogP contribution in [-0.4, -0.2) is 57.4 Å². The molecule has 0 radical (unpaired) electrons. The van der Waals surface area contributed by atoms with Gasteiger partial charge in [0.2, 0.25) is 5.28 Å². The van der Waals surface area contributed by atoms with E-state index in [-0.39, 0.29) is 11.4 Å². The number of anilines is 1. The fraction of sp³-hybridized carbons (Fsp3) is 0.611. The molecule has 26 heavy (non-hydrogen) atoms. The van der Waals surface area contributed by atoms with Gasteiger partial charge in [-0.05, 0) is 62.8 Å². The molecule has 2 bridgehead atoms. The van der Waals surface area contributed by atoms with Gasteiger partial charge in [-0.25, -0.2) is 9.31 Å². The van der Waals surface area contributed by atoms with E-state index in [9.17, 15) is 4.79 Å². The average molecular weight is 378 g/mol. The number of piperidine rings is 2. The molecule has 4 rings (SSSR count). The zero-order valence-corrected chi connectivity index (χ0v) is 16.1. The molecule has 0 aromatic carbocycles. The number of amides is 1. The van der Waals surface area contributed by atoms with Gasteiger partial charge in [0.15, 0.2) is 5.65 Å². The van der Waals surface area contributed by atoms with E-state index in [2.05, 4.69) is 21.0 Å². The predicted octanol–water partition coefficient (Wildman–Crippen LogP) is 3.08. The molecule has 2 fully saturated rings. The number of likely N-dealkylation sites (tertiary alicyclic amines) is 1. The Kier molecular flexibility index (Phi) is 4.22. The maximum atomic E-state index is 12.4. The zero-order chi connectivity index (χ0) is 18.5. The monoisotopic (exact) mass is 377 g/mol. The molecular formula is C18H24ClN5O2. The number of ether oxygens (including phenoxy) is 1. The van der Waals surface area contributed by atoms with Crippen LogP contribution in [-0.2, 0) is 4.74 Å². The molecule has 2 aromatic heterocycles. The van der Waals surface area contributed by atoms with Gasteiger partial charge in [0.1, 0.15) is 5.60 Å². The summed E-state index contributed by atoms with van der Waals surface area (Å²) in [5.41, 5.74) is 1.40. The van der Waals surface area contributed by atoms with Gasteiger partial charge in [-0.1, -0.05) is 0 Å². The third-order valence-corrected chi connectivity index (χ3v) is 5.05. The highest BCUT2D eigenvalue weighted by Crippen LogP contribution is 2.32. The van der Waals surface area contributed by atoms with E-state index in [1.807, 2.05) is 37.9 Å². The van der Waals surface area contributed by atoms with E-state index >= 15 is 0 Å². The largest absolute Gasteiger partial charge is 0.444 e. The van der Waals surface area contributed by atoms with Gasteiger partial charge in [0, 0.05) is 26.2 Å². The van der Waals surface area contributed by atoms with Crippen molar-refractivity contribution < 1.29 is 9.53 Å². The van der Waals surface area contributed by atoms with Crippen molar-refractivity contribution in [2.24, 2.45) is 11.8 Å². The minimum absolute atomic E-state index is 0.195. The van der Waals surface area contributed by atoms with Crippen molar-refractivity contribution in [2.75, 3.05) is 31.1 Å². The van der Waals surface area contributed by atoms with Gasteiger partial charge >= 0.3 is 6.09 Å². The summed E-state index contributed by atoms with van der Waals surface area (Å²) < 4.78 is 7.26. The maximum absolute atomic E-state index is 12.4. The molecule has 8 heteroatoms. The molecule has 2 aliphatic heterocycles. The lowest BCUT2D eigenvalue weighted by atomic mass is 9.84. The number of halogens is 1. The Morgan fingerprint density at radius 3 is 2.54 bits per heavy atom. The van der Waals surface area contributed by atoms with Crippen molar-refractivity contribution >= 4 is 29.0 Å². The Morgan fingerprint density at radius 2 is 1.88 bits per heavy atom. The summed E-state index contributed by atoms with van der Waals surface area (Å²) in [5, 5.41) is 4.44. The molecule has 140 valence electrons. The van der Waals surface area contributed by atoms with Gasteiger partial charge in [-0.2, -0.15) is 4.98 Å². The lowest BCUT2D eigenvalue weighted by Crippen LogP contribution is -2.55. The van der Waals surface area contributed by atoms with E-state index in [1.165, 1.54) is 0 Å². The standard InChI is InChI=1S/C18H24ClN5O2/c1-18(2,3)26-17(25)23-9-12-6-13(10-23)8-22(7-12)14-4-5-15-20-16(19)21-24(15)11-14/h4-5,11-13H,6-10H2,1-3H3. The number of hydrogen-bond acceptors (Lipinski definition) is 5. The molecule has 2 atom stereocenters. The van der Waals surface area contributed by atoms with E-state index in [1.54, 1.807) is 4.52 Å². The third-order valence-electron chi connectivity index (χ3n) is 4.89. The average Bonchev–Trinajstić information content (AvgIpc) is 2.91. The van der Waals surface area contributed by atoms with Crippen molar-refractivity contribution in [1.29, 1.82) is 0 Å². The molecule has 1 amide bonds. The first kappa shape index (κ1) is 17.4. The third kappa shape index (κ3) is 3.58. The van der Waals surface area contributed by atoms with Gasteiger partial charge < -0.3 is 14.5 Å². The second-order valence-corrected chi connectivity index (χ2v) is 8.67. The Bertz CT molecular complexity index is 817. The smallest absolute Gasteiger partial charge is 0.410 e. The van der Waals surface area contributed by atoms with Crippen LogP contribution >= 0.6 is 11.6 Å². The number of fused-ring (bicyclic) bond motifs is 3. The fourth-order valence-electron chi connectivity index (χ4n) is 4.00. The minimum atomic E-state index is -0.454. The van der Waals surface area contributed by atoms with E-state index in [0.29, 0.717) is 11.8 Å². The summed E-state index contributed by atoms with van der Waals surface area (Å²) in [4.78, 5) is 20.8. The predicted molar refractivity (Wildman–Crippen MR) is 99.6 cm³/mol. The van der Waals surface area contributed by atoms with Crippen LogP contribution in [0.15, 0.2) is 18.3 Å². The molecule has 2 aromatic rings. The number of carbonyl (C=O) groups excluding carboxylic acids is 1. The van der Waals surface area contributed by atoms with Crippen LogP contribution in [0.1, 0.15) is 27.2 Å². The van der Waals surface area contributed by atoms with Gasteiger partial charge in [-0.15, -0.1) is 5.10 Å². The molecule has 0 N–H and O–H groups in total. The molecular weight excluding hydrogens is 354 g/mol. The van der Waals surface area contributed by atoms with Gasteiger partial charge in [0.25, 0.3) is 0 Å². The Balaban J connectivity index is 1.46. The second kappa shape index (κ2) is 6.30. The highest BCUT2D eigenvalue weighted by atomic mass is 35.5. The van der Waals surface area contributed by atoms with Crippen LogP contribution in [0.3, 0.4) is 0 Å². The first-order valence-electron chi connectivity index (χ1n) is 9.01. The number of carbonyl (C=O) groups is 1. The highest BCUT2D eigenvalue weighted by molar-refractivity contribution is 6.28. The molecule has 0 spiro atoms. The molecule has 2 aliphatic rings. The van der Waals surface area contributed by atoms with Crippen LogP contribution in [0, 0.1) is 11.8 Å².